The number of nitrogens with one attached hydrogen (secondary N) is 1. The lowest BCUT2D eigenvalue weighted by molar-refractivity contribution is -0.274. The molecule has 1 aromatic carbocycles. The van der Waals surface area contributed by atoms with Crippen LogP contribution >= 0.6 is 24.0 Å². The fraction of sp³-hybridized carbons (Fsp3) is 0.250. The molecule has 1 heterocycles. The summed E-state index contributed by atoms with van der Waals surface area (Å²) >= 11 is 0. The van der Waals surface area contributed by atoms with Crippen LogP contribution in [-0.2, 0) is 6.54 Å². The van der Waals surface area contributed by atoms with E-state index in [-0.39, 0.29) is 48.0 Å². The minimum Gasteiger partial charge on any atom is -0.468 e. The van der Waals surface area contributed by atoms with E-state index in [1.807, 2.05) is 0 Å². The predicted molar refractivity (Wildman–Crippen MR) is 103 cm³/mol. The molecule has 0 fully saturated rings. The van der Waals surface area contributed by atoms with E-state index in [0.29, 0.717) is 5.56 Å². The van der Waals surface area contributed by atoms with Gasteiger partial charge in [0, 0.05) is 12.3 Å². The lowest BCUT2D eigenvalue weighted by atomic mass is 10.2. The SMILES string of the molecule is I.NC(=NCc1ccnc(OCC(F)(F)F)c1)Nc1ccccc1OC(F)(F)F. The summed E-state index contributed by atoms with van der Waals surface area (Å²) < 4.78 is 82.1. The van der Waals surface area contributed by atoms with Crippen molar-refractivity contribution < 1.29 is 35.8 Å². The molecule has 3 N–H and O–H groups in total. The Bertz CT molecular complexity index is 830. The summed E-state index contributed by atoms with van der Waals surface area (Å²) in [4.78, 5) is 7.56. The molecule has 0 aliphatic carbocycles. The number of ether oxygens (including phenoxy) is 2. The van der Waals surface area contributed by atoms with Crippen LogP contribution in [-0.4, -0.2) is 30.1 Å². The molecule has 0 saturated heterocycles. The first-order valence-electron chi connectivity index (χ1n) is 7.58. The number of benzene rings is 1. The van der Waals surface area contributed by atoms with E-state index < -0.39 is 24.9 Å². The zero-order valence-corrected chi connectivity index (χ0v) is 16.8. The first-order valence-corrected chi connectivity index (χ1v) is 7.58. The van der Waals surface area contributed by atoms with Crippen molar-refractivity contribution in [2.75, 3.05) is 11.9 Å². The van der Waals surface area contributed by atoms with Gasteiger partial charge in [-0.25, -0.2) is 9.98 Å². The summed E-state index contributed by atoms with van der Waals surface area (Å²) in [5, 5.41) is 2.47. The summed E-state index contributed by atoms with van der Waals surface area (Å²) in [7, 11) is 0. The van der Waals surface area contributed by atoms with E-state index in [0.717, 1.165) is 6.07 Å². The number of rotatable bonds is 6. The summed E-state index contributed by atoms with van der Waals surface area (Å²) in [6.07, 6.45) is -8.16. The average Bonchev–Trinajstić information content (AvgIpc) is 2.58. The van der Waals surface area contributed by atoms with Crippen molar-refractivity contribution in [1.82, 2.24) is 4.98 Å². The molecule has 0 amide bonds. The molecule has 2 aromatic rings. The Morgan fingerprint density at radius 1 is 1.10 bits per heavy atom. The van der Waals surface area contributed by atoms with Crippen molar-refractivity contribution in [3.63, 3.8) is 0 Å². The number of hydrogen-bond acceptors (Lipinski definition) is 4. The highest BCUT2D eigenvalue weighted by Gasteiger charge is 2.32. The number of anilines is 1. The van der Waals surface area contributed by atoms with E-state index in [1.54, 1.807) is 0 Å². The van der Waals surface area contributed by atoms with Crippen LogP contribution in [0.4, 0.5) is 32.0 Å². The molecule has 160 valence electrons. The molecule has 29 heavy (non-hydrogen) atoms. The maximum atomic E-state index is 12.4. The van der Waals surface area contributed by atoms with Crippen molar-refractivity contribution in [1.29, 1.82) is 0 Å². The van der Waals surface area contributed by atoms with Crippen LogP contribution < -0.4 is 20.5 Å². The van der Waals surface area contributed by atoms with Gasteiger partial charge in [-0.05, 0) is 23.8 Å². The minimum atomic E-state index is -4.88. The largest absolute Gasteiger partial charge is 0.573 e. The van der Waals surface area contributed by atoms with Crippen molar-refractivity contribution in [3.8, 4) is 11.6 Å². The summed E-state index contributed by atoms with van der Waals surface area (Å²) in [6.45, 7) is -1.57. The quantitative estimate of drug-likeness (QED) is 0.247. The molecule has 2 rings (SSSR count). The van der Waals surface area contributed by atoms with Crippen LogP contribution in [0.3, 0.4) is 0 Å². The predicted octanol–water partition coefficient (Wildman–Crippen LogP) is 4.47. The van der Waals surface area contributed by atoms with Crippen LogP contribution in [0.5, 0.6) is 11.6 Å². The number of pyridine rings is 1. The van der Waals surface area contributed by atoms with E-state index in [1.165, 1.54) is 36.5 Å². The molecule has 0 bridgehead atoms. The Balaban J connectivity index is 0.00000420. The van der Waals surface area contributed by atoms with Crippen molar-refractivity contribution in [3.05, 3.63) is 48.2 Å². The molecule has 13 heteroatoms. The highest BCUT2D eigenvalue weighted by Crippen LogP contribution is 2.29. The summed E-state index contributed by atoms with van der Waals surface area (Å²) in [6, 6.07) is 7.92. The third-order valence-electron chi connectivity index (χ3n) is 2.99. The van der Waals surface area contributed by atoms with E-state index >= 15 is 0 Å². The fourth-order valence-corrected chi connectivity index (χ4v) is 1.92. The highest BCUT2D eigenvalue weighted by atomic mass is 127. The summed E-state index contributed by atoms with van der Waals surface area (Å²) in [5.41, 5.74) is 6.01. The number of para-hydroxylation sites is 2. The normalized spacial score (nSPS) is 12.1. The van der Waals surface area contributed by atoms with Gasteiger partial charge in [0.1, 0.15) is 0 Å². The van der Waals surface area contributed by atoms with Crippen LogP contribution in [0.25, 0.3) is 0 Å². The molecule has 0 radical (unpaired) electrons. The van der Waals surface area contributed by atoms with E-state index in [9.17, 15) is 26.3 Å². The maximum absolute atomic E-state index is 12.4. The molecule has 0 atom stereocenters. The van der Waals surface area contributed by atoms with E-state index in [4.69, 9.17) is 5.73 Å². The molecular formula is C16H15F6IN4O2. The maximum Gasteiger partial charge on any atom is 0.573 e. The van der Waals surface area contributed by atoms with Crippen LogP contribution in [0.2, 0.25) is 0 Å². The number of guanidine groups is 1. The van der Waals surface area contributed by atoms with Crippen molar-refractivity contribution in [2.24, 2.45) is 10.7 Å². The number of halogens is 7. The number of nitrogens with zero attached hydrogens (tertiary/aromatic N) is 2. The van der Waals surface area contributed by atoms with Gasteiger partial charge in [0.05, 0.1) is 12.2 Å². The van der Waals surface area contributed by atoms with Crippen molar-refractivity contribution in [2.45, 2.75) is 19.1 Å². The second kappa shape index (κ2) is 10.4. The van der Waals surface area contributed by atoms with Gasteiger partial charge in [-0.1, -0.05) is 12.1 Å². The first kappa shape index (κ1) is 24.6. The molecule has 0 unspecified atom stereocenters. The Hall–Kier alpha value is -2.45. The van der Waals surface area contributed by atoms with Gasteiger partial charge in [-0.3, -0.25) is 0 Å². The topological polar surface area (TPSA) is 81.8 Å². The van der Waals surface area contributed by atoms with Gasteiger partial charge in [-0.15, -0.1) is 37.1 Å². The molecule has 0 spiro atoms. The van der Waals surface area contributed by atoms with Crippen molar-refractivity contribution >= 4 is 35.6 Å². The Labute approximate surface area is 178 Å². The van der Waals surface area contributed by atoms with Gasteiger partial charge < -0.3 is 20.5 Å². The average molecular weight is 536 g/mol. The Morgan fingerprint density at radius 2 is 1.79 bits per heavy atom. The highest BCUT2D eigenvalue weighted by molar-refractivity contribution is 14.0. The lowest BCUT2D eigenvalue weighted by Crippen LogP contribution is -2.24. The minimum absolute atomic E-state index is 0. The van der Waals surface area contributed by atoms with Gasteiger partial charge in [0.15, 0.2) is 18.3 Å². The Morgan fingerprint density at radius 3 is 2.45 bits per heavy atom. The third kappa shape index (κ3) is 9.54. The first-order chi connectivity index (χ1) is 13.0. The smallest absolute Gasteiger partial charge is 0.468 e. The van der Waals surface area contributed by atoms with Gasteiger partial charge >= 0.3 is 12.5 Å². The molecule has 0 aliphatic heterocycles. The van der Waals surface area contributed by atoms with Crippen LogP contribution in [0, 0.1) is 0 Å². The molecular weight excluding hydrogens is 521 g/mol. The Kier molecular flexibility index (Phi) is 8.79. The molecule has 0 aliphatic rings. The number of aliphatic imine (C=N–C) groups is 1. The summed E-state index contributed by atoms with van der Waals surface area (Å²) in [5.74, 6) is -0.979. The zero-order valence-electron chi connectivity index (χ0n) is 14.4. The molecule has 6 nitrogen and oxygen atoms in total. The number of alkyl halides is 6. The lowest BCUT2D eigenvalue weighted by Gasteiger charge is -2.14. The standard InChI is InChI=1S/C16H14F6N4O2.HI/c17-15(18,19)9-27-13-7-10(5-6-24-13)8-25-14(23)26-11-3-1-2-4-12(11)28-16(20,21)22;/h1-7H,8-9H2,(H3,23,25,26);1H. The van der Waals surface area contributed by atoms with Gasteiger partial charge in [-0.2, -0.15) is 13.2 Å². The zero-order chi connectivity index (χ0) is 20.8. The third-order valence-corrected chi connectivity index (χ3v) is 2.99. The fourth-order valence-electron chi connectivity index (χ4n) is 1.92. The number of aromatic nitrogens is 1. The van der Waals surface area contributed by atoms with E-state index in [2.05, 4.69) is 24.8 Å². The monoisotopic (exact) mass is 536 g/mol. The molecule has 1 aromatic heterocycles. The molecule has 0 saturated carbocycles. The van der Waals surface area contributed by atoms with Gasteiger partial charge in [0.2, 0.25) is 5.88 Å². The van der Waals surface area contributed by atoms with Crippen LogP contribution in [0.1, 0.15) is 5.56 Å². The number of hydrogen-bond donors (Lipinski definition) is 2. The van der Waals surface area contributed by atoms with Crippen LogP contribution in [0.15, 0.2) is 47.6 Å². The second-order valence-electron chi connectivity index (χ2n) is 5.28. The number of nitrogens with two attached hydrogens (primary N) is 1. The second-order valence-corrected chi connectivity index (χ2v) is 5.28. The van der Waals surface area contributed by atoms with Gasteiger partial charge in [0.25, 0.3) is 0 Å².